The minimum Gasteiger partial charge on any atom is -0.481 e. The van der Waals surface area contributed by atoms with E-state index in [2.05, 4.69) is 0 Å². The van der Waals surface area contributed by atoms with Gasteiger partial charge in [-0.1, -0.05) is 0 Å². The van der Waals surface area contributed by atoms with E-state index in [0.717, 1.165) is 0 Å². The molecular weight excluding hydrogens is 266 g/mol. The van der Waals surface area contributed by atoms with Crippen molar-refractivity contribution < 1.29 is 23.1 Å². The van der Waals surface area contributed by atoms with Crippen LogP contribution in [0.4, 0.5) is 0 Å². The number of nitrogens with zero attached hydrogens (tertiary/aromatic N) is 1. The maximum absolute atomic E-state index is 12.0. The summed E-state index contributed by atoms with van der Waals surface area (Å²) >= 11 is 1.59. The molecule has 100 valence electrons. The van der Waals surface area contributed by atoms with Gasteiger partial charge in [-0.3, -0.25) is 4.79 Å². The smallest absolute Gasteiger partial charge is 0.305 e. The Labute approximate surface area is 105 Å². The van der Waals surface area contributed by atoms with Gasteiger partial charge in [0.05, 0.1) is 18.8 Å². The molecular formula is C9H17NO5S2. The van der Waals surface area contributed by atoms with Gasteiger partial charge in [-0.25, -0.2) is 8.42 Å². The topological polar surface area (TPSA) is 83.9 Å². The summed E-state index contributed by atoms with van der Waals surface area (Å²) in [6.07, 6.45) is -0.140. The number of ether oxygens (including phenoxy) is 1. The van der Waals surface area contributed by atoms with Crippen molar-refractivity contribution in [2.24, 2.45) is 0 Å². The Bertz CT molecular complexity index is 356. The summed E-state index contributed by atoms with van der Waals surface area (Å²) in [5.41, 5.74) is 0. The minimum atomic E-state index is -3.41. The lowest BCUT2D eigenvalue weighted by Gasteiger charge is -2.33. The van der Waals surface area contributed by atoms with Gasteiger partial charge in [-0.15, -0.1) is 0 Å². The summed E-state index contributed by atoms with van der Waals surface area (Å²) in [7, 11) is -1.97. The second-order valence-corrected chi connectivity index (χ2v) is 6.94. The number of carboxylic acid groups (broad SMARTS) is 1. The lowest BCUT2D eigenvalue weighted by molar-refractivity contribution is -0.137. The van der Waals surface area contributed by atoms with Gasteiger partial charge in [0, 0.05) is 31.2 Å². The lowest BCUT2D eigenvalue weighted by atomic mass is 10.2. The third-order valence-corrected chi connectivity index (χ3v) is 5.46. The Morgan fingerprint density at radius 2 is 2.29 bits per heavy atom. The van der Waals surface area contributed by atoms with Crippen molar-refractivity contribution in [1.29, 1.82) is 0 Å². The summed E-state index contributed by atoms with van der Waals surface area (Å²) in [6, 6.07) is -0.437. The molecule has 0 bridgehead atoms. The van der Waals surface area contributed by atoms with Gasteiger partial charge in [0.15, 0.2) is 0 Å². The van der Waals surface area contributed by atoms with Crippen LogP contribution in [0.5, 0.6) is 0 Å². The molecule has 1 aliphatic rings. The molecule has 0 aromatic heterocycles. The fourth-order valence-corrected chi connectivity index (χ4v) is 4.53. The average molecular weight is 283 g/mol. The van der Waals surface area contributed by atoms with Crippen LogP contribution in [0, 0.1) is 0 Å². The fraction of sp³-hybridized carbons (Fsp3) is 0.889. The van der Waals surface area contributed by atoms with Gasteiger partial charge in [0.2, 0.25) is 10.0 Å². The summed E-state index contributed by atoms with van der Waals surface area (Å²) in [4.78, 5) is 10.7. The average Bonchev–Trinajstić information content (AvgIpc) is 2.26. The standard InChI is InChI=1S/C9H17NO5S2/c1-15-3-5-17(13,14)10-2-4-16-7-8(10)6-9(11)12/h8H,2-7H2,1H3,(H,11,12). The highest BCUT2D eigenvalue weighted by Gasteiger charge is 2.33. The molecule has 17 heavy (non-hydrogen) atoms. The highest BCUT2D eigenvalue weighted by molar-refractivity contribution is 7.99. The zero-order chi connectivity index (χ0) is 12.9. The Morgan fingerprint density at radius 3 is 2.88 bits per heavy atom. The molecule has 0 spiro atoms. The van der Waals surface area contributed by atoms with Crippen LogP contribution < -0.4 is 0 Å². The highest BCUT2D eigenvalue weighted by Crippen LogP contribution is 2.22. The van der Waals surface area contributed by atoms with Gasteiger partial charge >= 0.3 is 5.97 Å². The van der Waals surface area contributed by atoms with Crippen LogP contribution in [0.1, 0.15) is 6.42 Å². The predicted molar refractivity (Wildman–Crippen MR) is 65.7 cm³/mol. The summed E-state index contributed by atoms with van der Waals surface area (Å²) in [5, 5.41) is 8.77. The van der Waals surface area contributed by atoms with Crippen molar-refractivity contribution in [2.45, 2.75) is 12.5 Å². The minimum absolute atomic E-state index is 0.0930. The van der Waals surface area contributed by atoms with Crippen molar-refractivity contribution in [3.05, 3.63) is 0 Å². The van der Waals surface area contributed by atoms with Crippen LogP contribution in [0.2, 0.25) is 0 Å². The monoisotopic (exact) mass is 283 g/mol. The molecule has 1 unspecified atom stereocenters. The van der Waals surface area contributed by atoms with Crippen molar-refractivity contribution >= 4 is 27.8 Å². The second kappa shape index (κ2) is 6.58. The largest absolute Gasteiger partial charge is 0.481 e. The van der Waals surface area contributed by atoms with Gasteiger partial charge < -0.3 is 9.84 Å². The van der Waals surface area contributed by atoms with Crippen molar-refractivity contribution in [2.75, 3.05) is 37.5 Å². The fourth-order valence-electron chi connectivity index (χ4n) is 1.67. The van der Waals surface area contributed by atoms with E-state index in [4.69, 9.17) is 9.84 Å². The molecule has 1 heterocycles. The number of sulfonamides is 1. The molecule has 6 nitrogen and oxygen atoms in total. The molecule has 0 aromatic rings. The normalized spacial score (nSPS) is 22.5. The summed E-state index contributed by atoms with van der Waals surface area (Å²) in [5.74, 6) is 0.190. The molecule has 0 aliphatic carbocycles. The Hall–Kier alpha value is -0.310. The first-order chi connectivity index (χ1) is 7.97. The molecule has 1 aliphatic heterocycles. The van der Waals surface area contributed by atoms with Crippen molar-refractivity contribution in [1.82, 2.24) is 4.31 Å². The van der Waals surface area contributed by atoms with Crippen LogP contribution in [0.15, 0.2) is 0 Å². The van der Waals surface area contributed by atoms with Crippen molar-refractivity contribution in [3.8, 4) is 0 Å². The van der Waals surface area contributed by atoms with E-state index in [0.29, 0.717) is 18.1 Å². The molecule has 1 fully saturated rings. The number of hydrogen-bond acceptors (Lipinski definition) is 5. The Kier molecular flexibility index (Phi) is 5.71. The molecule has 1 N–H and O–H groups in total. The molecule has 1 saturated heterocycles. The molecule has 0 radical (unpaired) electrons. The number of rotatable bonds is 6. The van der Waals surface area contributed by atoms with Crippen molar-refractivity contribution in [3.63, 3.8) is 0 Å². The lowest BCUT2D eigenvalue weighted by Crippen LogP contribution is -2.48. The van der Waals surface area contributed by atoms with Crippen LogP contribution in [0.3, 0.4) is 0 Å². The van der Waals surface area contributed by atoms with Crippen LogP contribution in [-0.4, -0.2) is 67.4 Å². The maximum Gasteiger partial charge on any atom is 0.305 e. The SMILES string of the molecule is COCCS(=O)(=O)N1CCSCC1CC(=O)O. The van der Waals surface area contributed by atoms with E-state index >= 15 is 0 Å². The predicted octanol–water partition coefficient (Wildman–Crippen LogP) is -0.145. The number of thioether (sulfide) groups is 1. The Morgan fingerprint density at radius 1 is 1.59 bits per heavy atom. The van der Waals surface area contributed by atoms with E-state index in [1.165, 1.54) is 11.4 Å². The van der Waals surface area contributed by atoms with E-state index in [-0.39, 0.29) is 18.8 Å². The number of aliphatic carboxylic acids is 1. The van der Waals surface area contributed by atoms with Gasteiger partial charge in [-0.2, -0.15) is 16.1 Å². The zero-order valence-corrected chi connectivity index (χ0v) is 11.3. The third-order valence-electron chi connectivity index (χ3n) is 2.49. The first-order valence-electron chi connectivity index (χ1n) is 5.25. The van der Waals surface area contributed by atoms with Crippen LogP contribution in [-0.2, 0) is 19.6 Å². The molecule has 1 atom stereocenters. The summed E-state index contributed by atoms with van der Waals surface area (Å²) in [6.45, 7) is 0.514. The van der Waals surface area contributed by atoms with E-state index in [1.54, 1.807) is 11.8 Å². The quantitative estimate of drug-likeness (QED) is 0.730. The van der Waals surface area contributed by atoms with Crippen LogP contribution >= 0.6 is 11.8 Å². The number of carbonyl (C=O) groups is 1. The zero-order valence-electron chi connectivity index (χ0n) is 9.66. The second-order valence-electron chi connectivity index (χ2n) is 3.75. The third kappa shape index (κ3) is 4.46. The number of carboxylic acids is 1. The highest BCUT2D eigenvalue weighted by atomic mass is 32.2. The van der Waals surface area contributed by atoms with Gasteiger partial charge in [-0.05, 0) is 0 Å². The van der Waals surface area contributed by atoms with E-state index < -0.39 is 22.0 Å². The molecule has 0 aromatic carbocycles. The number of methoxy groups -OCH3 is 1. The summed E-state index contributed by atoms with van der Waals surface area (Å²) < 4.78 is 30.0. The maximum atomic E-state index is 12.0. The molecule has 0 amide bonds. The van der Waals surface area contributed by atoms with Gasteiger partial charge in [0.25, 0.3) is 0 Å². The van der Waals surface area contributed by atoms with Crippen LogP contribution in [0.25, 0.3) is 0 Å². The van der Waals surface area contributed by atoms with Gasteiger partial charge in [0.1, 0.15) is 0 Å². The molecule has 8 heteroatoms. The first-order valence-corrected chi connectivity index (χ1v) is 8.01. The molecule has 1 rings (SSSR count). The molecule has 0 saturated carbocycles. The van der Waals surface area contributed by atoms with E-state index in [1.807, 2.05) is 0 Å². The van der Waals surface area contributed by atoms with E-state index in [9.17, 15) is 13.2 Å². The number of hydrogen-bond donors (Lipinski definition) is 1. The first kappa shape index (κ1) is 14.7. The Balaban J connectivity index is 2.72.